The van der Waals surface area contributed by atoms with Crippen LogP contribution >= 0.6 is 0 Å². The van der Waals surface area contributed by atoms with Gasteiger partial charge in [0.05, 0.1) is 14.2 Å². The summed E-state index contributed by atoms with van der Waals surface area (Å²) in [6.07, 6.45) is 3.17. The lowest BCUT2D eigenvalue weighted by Gasteiger charge is -2.23. The molecule has 21 heavy (non-hydrogen) atoms. The maximum atomic E-state index is 6.05. The predicted molar refractivity (Wildman–Crippen MR) is 80.8 cm³/mol. The molecule has 1 aromatic carbocycles. The van der Waals surface area contributed by atoms with E-state index in [2.05, 4.69) is 4.98 Å². The highest BCUT2D eigenvalue weighted by Gasteiger charge is 2.19. The molecular weight excluding hydrogens is 268 g/mol. The maximum absolute atomic E-state index is 6.05. The van der Waals surface area contributed by atoms with E-state index in [1.54, 1.807) is 44.8 Å². The van der Waals surface area contributed by atoms with E-state index in [1.807, 2.05) is 19.1 Å². The van der Waals surface area contributed by atoms with Gasteiger partial charge < -0.3 is 19.9 Å². The second-order valence-electron chi connectivity index (χ2n) is 4.73. The third-order valence-electron chi connectivity index (χ3n) is 3.10. The van der Waals surface area contributed by atoms with Gasteiger partial charge in [-0.1, -0.05) is 0 Å². The molecule has 2 N–H and O–H groups in total. The van der Waals surface area contributed by atoms with Crippen LogP contribution in [0.1, 0.15) is 18.6 Å². The van der Waals surface area contributed by atoms with Crippen molar-refractivity contribution in [2.24, 2.45) is 5.73 Å². The van der Waals surface area contributed by atoms with Crippen LogP contribution in [0.5, 0.6) is 17.2 Å². The van der Waals surface area contributed by atoms with Gasteiger partial charge in [-0.25, -0.2) is 0 Å². The van der Waals surface area contributed by atoms with Crippen LogP contribution in [0, 0.1) is 0 Å². The van der Waals surface area contributed by atoms with Crippen molar-refractivity contribution in [3.8, 4) is 17.2 Å². The van der Waals surface area contributed by atoms with E-state index < -0.39 is 0 Å². The summed E-state index contributed by atoms with van der Waals surface area (Å²) in [5.74, 6) is 1.98. The lowest BCUT2D eigenvalue weighted by atomic mass is 10.1. The van der Waals surface area contributed by atoms with Crippen molar-refractivity contribution in [1.82, 2.24) is 4.98 Å². The summed E-state index contributed by atoms with van der Waals surface area (Å²) in [6.45, 7) is 1.91. The number of benzene rings is 1. The van der Waals surface area contributed by atoms with Gasteiger partial charge in [0, 0.05) is 36.6 Å². The van der Waals surface area contributed by atoms with E-state index in [9.17, 15) is 0 Å². The summed E-state index contributed by atoms with van der Waals surface area (Å²) in [6, 6.07) is 9.01. The van der Waals surface area contributed by atoms with Crippen LogP contribution in [-0.4, -0.2) is 25.2 Å². The van der Waals surface area contributed by atoms with Crippen molar-refractivity contribution in [1.29, 1.82) is 0 Å². The van der Waals surface area contributed by atoms with Crippen molar-refractivity contribution in [2.75, 3.05) is 14.2 Å². The molecule has 5 nitrogen and oxygen atoms in total. The minimum Gasteiger partial charge on any atom is -0.496 e. The number of ether oxygens (including phenoxy) is 3. The zero-order valence-electron chi connectivity index (χ0n) is 12.4. The Labute approximate surface area is 124 Å². The second kappa shape index (κ2) is 6.95. The largest absolute Gasteiger partial charge is 0.496 e. The SMILES string of the molecule is COc1cc(OC)cc(OC(c2ccncc2)C(C)N)c1. The summed E-state index contributed by atoms with van der Waals surface area (Å²) in [5.41, 5.74) is 7.02. The minimum absolute atomic E-state index is 0.176. The summed E-state index contributed by atoms with van der Waals surface area (Å²) in [4.78, 5) is 4.01. The molecule has 1 aromatic heterocycles. The van der Waals surface area contributed by atoms with Gasteiger partial charge >= 0.3 is 0 Å². The topological polar surface area (TPSA) is 66.6 Å². The molecule has 5 heteroatoms. The zero-order chi connectivity index (χ0) is 15.2. The smallest absolute Gasteiger partial charge is 0.139 e. The standard InChI is InChI=1S/C16H20N2O3/c1-11(17)16(12-4-6-18-7-5-12)21-15-9-13(19-2)8-14(10-15)20-3/h4-11,16H,17H2,1-3H3. The molecule has 0 aliphatic carbocycles. The lowest BCUT2D eigenvalue weighted by Crippen LogP contribution is -2.29. The molecule has 0 bridgehead atoms. The van der Waals surface area contributed by atoms with Crippen molar-refractivity contribution < 1.29 is 14.2 Å². The molecule has 0 aliphatic rings. The van der Waals surface area contributed by atoms with Crippen molar-refractivity contribution >= 4 is 0 Å². The van der Waals surface area contributed by atoms with E-state index in [1.165, 1.54) is 0 Å². The predicted octanol–water partition coefficient (Wildman–Crippen LogP) is 2.57. The van der Waals surface area contributed by atoms with Gasteiger partial charge in [-0.2, -0.15) is 0 Å². The van der Waals surface area contributed by atoms with Crippen LogP contribution in [-0.2, 0) is 0 Å². The van der Waals surface area contributed by atoms with Gasteiger partial charge in [0.1, 0.15) is 23.4 Å². The summed E-state index contributed by atoms with van der Waals surface area (Å²) in [5, 5.41) is 0. The Morgan fingerprint density at radius 1 is 0.952 bits per heavy atom. The van der Waals surface area contributed by atoms with E-state index >= 15 is 0 Å². The van der Waals surface area contributed by atoms with Crippen LogP contribution in [0.4, 0.5) is 0 Å². The number of nitrogens with zero attached hydrogens (tertiary/aromatic N) is 1. The molecule has 2 unspecified atom stereocenters. The molecule has 2 aromatic rings. The fraction of sp³-hybridized carbons (Fsp3) is 0.312. The van der Waals surface area contributed by atoms with Crippen LogP contribution in [0.2, 0.25) is 0 Å². The number of pyridine rings is 1. The fourth-order valence-electron chi connectivity index (χ4n) is 2.03. The Bertz CT molecular complexity index is 551. The average Bonchev–Trinajstić information content (AvgIpc) is 2.52. The number of aromatic nitrogens is 1. The first-order chi connectivity index (χ1) is 10.1. The molecule has 112 valence electrons. The first-order valence-corrected chi connectivity index (χ1v) is 6.69. The van der Waals surface area contributed by atoms with Gasteiger partial charge in [-0.15, -0.1) is 0 Å². The van der Waals surface area contributed by atoms with E-state index in [-0.39, 0.29) is 12.1 Å². The average molecular weight is 288 g/mol. The van der Waals surface area contributed by atoms with Crippen LogP contribution in [0.15, 0.2) is 42.7 Å². The maximum Gasteiger partial charge on any atom is 0.139 e. The summed E-state index contributed by atoms with van der Waals surface area (Å²) < 4.78 is 16.5. The molecule has 0 fully saturated rings. The Morgan fingerprint density at radius 3 is 1.95 bits per heavy atom. The van der Waals surface area contributed by atoms with E-state index in [4.69, 9.17) is 19.9 Å². The summed E-state index contributed by atoms with van der Waals surface area (Å²) in [7, 11) is 3.20. The number of methoxy groups -OCH3 is 2. The lowest BCUT2D eigenvalue weighted by molar-refractivity contribution is 0.179. The molecule has 2 rings (SSSR count). The Kier molecular flexibility index (Phi) is 5.00. The van der Waals surface area contributed by atoms with Crippen molar-refractivity contribution in [2.45, 2.75) is 19.1 Å². The monoisotopic (exact) mass is 288 g/mol. The zero-order valence-corrected chi connectivity index (χ0v) is 12.4. The Balaban J connectivity index is 2.29. The quantitative estimate of drug-likeness (QED) is 0.885. The van der Waals surface area contributed by atoms with Crippen molar-refractivity contribution in [3.05, 3.63) is 48.3 Å². The molecule has 0 amide bonds. The molecular formula is C16H20N2O3. The Hall–Kier alpha value is -2.27. The van der Waals surface area contributed by atoms with Gasteiger partial charge in [-0.3, -0.25) is 4.98 Å². The fourth-order valence-corrected chi connectivity index (χ4v) is 2.03. The van der Waals surface area contributed by atoms with Gasteiger partial charge in [0.25, 0.3) is 0 Å². The normalized spacial score (nSPS) is 13.3. The van der Waals surface area contributed by atoms with Crippen LogP contribution < -0.4 is 19.9 Å². The molecule has 0 saturated carbocycles. The molecule has 0 radical (unpaired) electrons. The van der Waals surface area contributed by atoms with Gasteiger partial charge in [0.15, 0.2) is 0 Å². The minimum atomic E-state index is -0.273. The van der Waals surface area contributed by atoms with Gasteiger partial charge in [-0.05, 0) is 24.6 Å². The van der Waals surface area contributed by atoms with Crippen LogP contribution in [0.3, 0.4) is 0 Å². The van der Waals surface area contributed by atoms with Gasteiger partial charge in [0.2, 0.25) is 0 Å². The number of hydrogen-bond donors (Lipinski definition) is 1. The first-order valence-electron chi connectivity index (χ1n) is 6.69. The molecule has 0 spiro atoms. The molecule has 2 atom stereocenters. The van der Waals surface area contributed by atoms with E-state index in [0.717, 1.165) is 5.56 Å². The first kappa shape index (κ1) is 15.1. The highest BCUT2D eigenvalue weighted by atomic mass is 16.5. The van der Waals surface area contributed by atoms with Crippen molar-refractivity contribution in [3.63, 3.8) is 0 Å². The Morgan fingerprint density at radius 2 is 1.48 bits per heavy atom. The molecule has 0 aliphatic heterocycles. The third kappa shape index (κ3) is 3.86. The second-order valence-corrected chi connectivity index (χ2v) is 4.73. The number of nitrogens with two attached hydrogens (primary N) is 1. The number of rotatable bonds is 6. The highest BCUT2D eigenvalue weighted by molar-refractivity contribution is 5.42. The van der Waals surface area contributed by atoms with E-state index in [0.29, 0.717) is 17.2 Å². The highest BCUT2D eigenvalue weighted by Crippen LogP contribution is 2.31. The molecule has 0 saturated heterocycles. The molecule has 1 heterocycles. The number of hydrogen-bond acceptors (Lipinski definition) is 5. The third-order valence-corrected chi connectivity index (χ3v) is 3.10. The van der Waals surface area contributed by atoms with Crippen LogP contribution in [0.25, 0.3) is 0 Å². The summed E-state index contributed by atoms with van der Waals surface area (Å²) >= 11 is 0.